The molecule has 0 aliphatic rings. The number of halogens is 1. The molecule has 2 aromatic rings. The van der Waals surface area contributed by atoms with E-state index in [9.17, 15) is 0 Å². The van der Waals surface area contributed by atoms with Crippen molar-refractivity contribution in [2.24, 2.45) is 0 Å². The van der Waals surface area contributed by atoms with Gasteiger partial charge in [0.1, 0.15) is 17.1 Å². The van der Waals surface area contributed by atoms with Gasteiger partial charge < -0.3 is 4.74 Å². The van der Waals surface area contributed by atoms with E-state index < -0.39 is 0 Å². The van der Waals surface area contributed by atoms with Gasteiger partial charge in [-0.15, -0.1) is 0 Å². The maximum absolute atomic E-state index is 5.10. The third-order valence-corrected chi connectivity index (χ3v) is 3.78. The van der Waals surface area contributed by atoms with Crippen LogP contribution in [-0.4, -0.2) is 17.1 Å². The van der Waals surface area contributed by atoms with Crippen LogP contribution in [0.3, 0.4) is 0 Å². The summed E-state index contributed by atoms with van der Waals surface area (Å²) in [5.41, 5.74) is 0. The molecule has 0 saturated carbocycles. The fourth-order valence-corrected chi connectivity index (χ4v) is 2.34. The number of benzene rings is 1. The Kier molecular flexibility index (Phi) is 3.79. The molecule has 0 atom stereocenters. The van der Waals surface area contributed by atoms with Gasteiger partial charge in [-0.25, -0.2) is 9.97 Å². The quantitative estimate of drug-likeness (QED) is 0.813. The summed E-state index contributed by atoms with van der Waals surface area (Å²) in [6, 6.07) is 7.85. The predicted octanol–water partition coefficient (Wildman–Crippen LogP) is 3.40. The topological polar surface area (TPSA) is 35.0 Å². The van der Waals surface area contributed by atoms with Gasteiger partial charge in [-0.1, -0.05) is 11.8 Å². The number of ether oxygens (including phenoxy) is 1. The van der Waals surface area contributed by atoms with E-state index in [1.165, 1.54) is 6.33 Å². The SMILES string of the molecule is COc1ccc(Sc2ncncc2Br)cc1. The van der Waals surface area contributed by atoms with Gasteiger partial charge in [0.25, 0.3) is 0 Å². The summed E-state index contributed by atoms with van der Waals surface area (Å²) in [5, 5.41) is 0.903. The second kappa shape index (κ2) is 5.32. The molecule has 0 aliphatic heterocycles. The highest BCUT2D eigenvalue weighted by atomic mass is 79.9. The van der Waals surface area contributed by atoms with Crippen molar-refractivity contribution in [3.8, 4) is 5.75 Å². The zero-order valence-electron chi connectivity index (χ0n) is 8.55. The highest BCUT2D eigenvalue weighted by Gasteiger charge is 2.03. The smallest absolute Gasteiger partial charge is 0.118 e. The molecular weight excluding hydrogens is 288 g/mol. The molecule has 3 nitrogen and oxygen atoms in total. The molecule has 0 aliphatic carbocycles. The minimum absolute atomic E-state index is 0.853. The van der Waals surface area contributed by atoms with Gasteiger partial charge in [0, 0.05) is 11.1 Å². The third kappa shape index (κ3) is 2.74. The van der Waals surface area contributed by atoms with Crippen LogP contribution in [0.15, 0.2) is 51.2 Å². The first-order chi connectivity index (χ1) is 7.79. The van der Waals surface area contributed by atoms with Crippen LogP contribution in [0.5, 0.6) is 5.75 Å². The Labute approximate surface area is 106 Å². The lowest BCUT2D eigenvalue weighted by molar-refractivity contribution is 0.414. The number of aromatic nitrogens is 2. The molecule has 0 radical (unpaired) electrons. The minimum Gasteiger partial charge on any atom is -0.497 e. The van der Waals surface area contributed by atoms with E-state index in [0.29, 0.717) is 0 Å². The van der Waals surface area contributed by atoms with Gasteiger partial charge in [-0.05, 0) is 40.2 Å². The van der Waals surface area contributed by atoms with E-state index in [1.54, 1.807) is 25.1 Å². The van der Waals surface area contributed by atoms with Crippen molar-refractivity contribution < 1.29 is 4.74 Å². The molecule has 0 N–H and O–H groups in total. The molecule has 16 heavy (non-hydrogen) atoms. The van der Waals surface area contributed by atoms with Crippen LogP contribution in [-0.2, 0) is 0 Å². The zero-order chi connectivity index (χ0) is 11.4. The Morgan fingerprint density at radius 3 is 2.62 bits per heavy atom. The van der Waals surface area contributed by atoms with E-state index in [1.807, 2.05) is 24.3 Å². The van der Waals surface area contributed by atoms with Crippen molar-refractivity contribution >= 4 is 27.7 Å². The summed E-state index contributed by atoms with van der Waals surface area (Å²) in [6.07, 6.45) is 3.27. The average molecular weight is 297 g/mol. The van der Waals surface area contributed by atoms with Gasteiger partial charge in [-0.2, -0.15) is 0 Å². The van der Waals surface area contributed by atoms with Gasteiger partial charge in [0.05, 0.1) is 11.6 Å². The van der Waals surface area contributed by atoms with Gasteiger partial charge in [0.2, 0.25) is 0 Å². The molecule has 1 aromatic carbocycles. The summed E-state index contributed by atoms with van der Waals surface area (Å²) in [7, 11) is 1.66. The lowest BCUT2D eigenvalue weighted by Gasteiger charge is -2.03. The van der Waals surface area contributed by atoms with Crippen molar-refractivity contribution in [1.82, 2.24) is 9.97 Å². The molecule has 5 heteroatoms. The van der Waals surface area contributed by atoms with E-state index in [0.717, 1.165) is 20.1 Å². The average Bonchev–Trinajstić information content (AvgIpc) is 2.33. The van der Waals surface area contributed by atoms with Gasteiger partial charge >= 0.3 is 0 Å². The zero-order valence-corrected chi connectivity index (χ0v) is 11.0. The number of hydrogen-bond donors (Lipinski definition) is 0. The third-order valence-electron chi connectivity index (χ3n) is 1.91. The van der Waals surface area contributed by atoms with Crippen LogP contribution in [0.2, 0.25) is 0 Å². The van der Waals surface area contributed by atoms with Crippen LogP contribution in [0.4, 0.5) is 0 Å². The summed E-state index contributed by atoms with van der Waals surface area (Å²) in [5.74, 6) is 0.853. The number of methoxy groups -OCH3 is 1. The van der Waals surface area contributed by atoms with E-state index >= 15 is 0 Å². The maximum Gasteiger partial charge on any atom is 0.118 e. The van der Waals surface area contributed by atoms with Crippen molar-refractivity contribution in [3.05, 3.63) is 41.3 Å². The molecule has 2 rings (SSSR count). The summed E-state index contributed by atoms with van der Waals surface area (Å²) < 4.78 is 6.00. The van der Waals surface area contributed by atoms with Crippen molar-refractivity contribution in [2.75, 3.05) is 7.11 Å². The van der Waals surface area contributed by atoms with Crippen molar-refractivity contribution in [3.63, 3.8) is 0 Å². The fraction of sp³-hybridized carbons (Fsp3) is 0.0909. The molecule has 0 amide bonds. The monoisotopic (exact) mass is 296 g/mol. The first kappa shape index (κ1) is 11.4. The largest absolute Gasteiger partial charge is 0.497 e. The minimum atomic E-state index is 0.853. The number of rotatable bonds is 3. The molecular formula is C11H9BrN2OS. The summed E-state index contributed by atoms with van der Waals surface area (Å²) in [4.78, 5) is 9.22. The highest BCUT2D eigenvalue weighted by molar-refractivity contribution is 9.10. The maximum atomic E-state index is 5.10. The van der Waals surface area contributed by atoms with E-state index in [4.69, 9.17) is 4.74 Å². The highest BCUT2D eigenvalue weighted by Crippen LogP contribution is 2.31. The Morgan fingerprint density at radius 1 is 1.25 bits per heavy atom. The first-order valence-electron chi connectivity index (χ1n) is 4.57. The van der Waals surface area contributed by atoms with Gasteiger partial charge in [-0.3, -0.25) is 0 Å². The number of hydrogen-bond acceptors (Lipinski definition) is 4. The van der Waals surface area contributed by atoms with Crippen molar-refractivity contribution in [1.29, 1.82) is 0 Å². The summed E-state index contributed by atoms with van der Waals surface area (Å²) in [6.45, 7) is 0. The molecule has 0 saturated heterocycles. The van der Waals surface area contributed by atoms with E-state index in [2.05, 4.69) is 25.9 Å². The normalized spacial score (nSPS) is 10.1. The molecule has 0 fully saturated rings. The molecule has 82 valence electrons. The van der Waals surface area contributed by atoms with Crippen LogP contribution < -0.4 is 4.74 Å². The van der Waals surface area contributed by atoms with Crippen LogP contribution in [0, 0.1) is 0 Å². The van der Waals surface area contributed by atoms with Gasteiger partial charge in [0.15, 0.2) is 0 Å². The molecule has 0 spiro atoms. The van der Waals surface area contributed by atoms with Crippen molar-refractivity contribution in [2.45, 2.75) is 9.92 Å². The second-order valence-corrected chi connectivity index (χ2v) is 4.87. The fourth-order valence-electron chi connectivity index (χ4n) is 1.13. The van der Waals surface area contributed by atoms with Crippen LogP contribution in [0.25, 0.3) is 0 Å². The van der Waals surface area contributed by atoms with E-state index in [-0.39, 0.29) is 0 Å². The Hall–Kier alpha value is -1.07. The Balaban J connectivity index is 2.18. The first-order valence-corrected chi connectivity index (χ1v) is 6.18. The molecule has 1 aromatic heterocycles. The Bertz CT molecular complexity index is 476. The molecule has 0 bridgehead atoms. The lowest BCUT2D eigenvalue weighted by atomic mass is 10.3. The molecule has 1 heterocycles. The van der Waals surface area contributed by atoms with Crippen LogP contribution >= 0.6 is 27.7 Å². The number of nitrogens with zero attached hydrogens (tertiary/aromatic N) is 2. The standard InChI is InChI=1S/C11H9BrN2OS/c1-15-8-2-4-9(5-3-8)16-11-10(12)6-13-7-14-11/h2-7H,1H3. The molecule has 0 unspecified atom stereocenters. The summed E-state index contributed by atoms with van der Waals surface area (Å²) >= 11 is 4.99. The predicted molar refractivity (Wildman–Crippen MR) is 66.8 cm³/mol. The van der Waals surface area contributed by atoms with Crippen LogP contribution in [0.1, 0.15) is 0 Å². The Morgan fingerprint density at radius 2 is 2.00 bits per heavy atom. The lowest BCUT2D eigenvalue weighted by Crippen LogP contribution is -1.84. The second-order valence-electron chi connectivity index (χ2n) is 2.95.